The van der Waals surface area contributed by atoms with Crippen LogP contribution in [0.5, 0.6) is 11.5 Å². The molecule has 2 heterocycles. The highest BCUT2D eigenvalue weighted by atomic mass is 16.7. The van der Waals surface area contributed by atoms with Gasteiger partial charge in [-0.3, -0.25) is 4.79 Å². The number of hydrogen-bond acceptors (Lipinski definition) is 4. The van der Waals surface area contributed by atoms with Gasteiger partial charge in [0.05, 0.1) is 0 Å². The van der Waals surface area contributed by atoms with E-state index >= 15 is 0 Å². The van der Waals surface area contributed by atoms with E-state index in [1.807, 2.05) is 18.2 Å². The Morgan fingerprint density at radius 3 is 3.10 bits per heavy atom. The maximum Gasteiger partial charge on any atom is 0.244 e. The molecule has 5 heteroatoms. The molecule has 0 aliphatic carbocycles. The maximum absolute atomic E-state index is 11.8. The minimum absolute atomic E-state index is 0.0589. The number of fused-ring (bicyclic) bond motifs is 1. The van der Waals surface area contributed by atoms with Crippen LogP contribution in [0.15, 0.2) is 24.3 Å². The summed E-state index contributed by atoms with van der Waals surface area (Å²) in [6.07, 6.45) is 5.49. The van der Waals surface area contributed by atoms with Crippen molar-refractivity contribution in [3.8, 4) is 11.5 Å². The predicted octanol–water partition coefficient (Wildman–Crippen LogP) is 1.30. The molecule has 2 N–H and O–H groups in total. The molecule has 0 spiro atoms. The number of benzene rings is 1. The molecule has 106 valence electrons. The normalized spacial score (nSPS) is 21.1. The van der Waals surface area contributed by atoms with Crippen LogP contribution in [0.1, 0.15) is 18.4 Å². The molecule has 0 bridgehead atoms. The Kier molecular flexibility index (Phi) is 3.87. The van der Waals surface area contributed by atoms with E-state index in [2.05, 4.69) is 10.6 Å². The third-order valence-corrected chi connectivity index (χ3v) is 3.47. The maximum atomic E-state index is 11.8. The lowest BCUT2D eigenvalue weighted by molar-refractivity contribution is -0.117. The largest absolute Gasteiger partial charge is 0.454 e. The van der Waals surface area contributed by atoms with Gasteiger partial charge in [0.25, 0.3) is 0 Å². The Balaban J connectivity index is 1.57. The van der Waals surface area contributed by atoms with Crippen LogP contribution in [0.4, 0.5) is 0 Å². The van der Waals surface area contributed by atoms with E-state index in [0.29, 0.717) is 0 Å². The third-order valence-electron chi connectivity index (χ3n) is 3.47. The smallest absolute Gasteiger partial charge is 0.244 e. The Bertz CT molecular complexity index is 522. The van der Waals surface area contributed by atoms with Gasteiger partial charge in [-0.05, 0) is 43.2 Å². The molecule has 0 radical (unpaired) electrons. The van der Waals surface area contributed by atoms with Gasteiger partial charge >= 0.3 is 0 Å². The topological polar surface area (TPSA) is 59.6 Å². The van der Waals surface area contributed by atoms with E-state index in [-0.39, 0.29) is 18.7 Å². The lowest BCUT2D eigenvalue weighted by Gasteiger charge is -2.23. The van der Waals surface area contributed by atoms with Crippen molar-refractivity contribution in [1.29, 1.82) is 0 Å². The zero-order valence-electron chi connectivity index (χ0n) is 11.2. The monoisotopic (exact) mass is 274 g/mol. The lowest BCUT2D eigenvalue weighted by Crippen LogP contribution is -2.45. The molecule has 1 aromatic carbocycles. The molecular formula is C15H18N2O3. The lowest BCUT2D eigenvalue weighted by atomic mass is 10.1. The van der Waals surface area contributed by atoms with E-state index in [1.54, 1.807) is 12.2 Å². The fourth-order valence-corrected chi connectivity index (χ4v) is 2.41. The van der Waals surface area contributed by atoms with Gasteiger partial charge in [-0.25, -0.2) is 0 Å². The molecule has 1 saturated heterocycles. The molecular weight excluding hydrogens is 256 g/mol. The van der Waals surface area contributed by atoms with Crippen LogP contribution >= 0.6 is 0 Å². The van der Waals surface area contributed by atoms with Crippen LogP contribution in [0, 0.1) is 0 Å². The second-order valence-electron chi connectivity index (χ2n) is 5.00. The second-order valence-corrected chi connectivity index (χ2v) is 5.00. The van der Waals surface area contributed by atoms with Crippen molar-refractivity contribution < 1.29 is 14.3 Å². The molecule has 1 atom stereocenters. The number of amides is 1. The van der Waals surface area contributed by atoms with Gasteiger partial charge in [0.1, 0.15) is 0 Å². The molecule has 0 saturated carbocycles. The van der Waals surface area contributed by atoms with Crippen LogP contribution in [-0.2, 0) is 4.79 Å². The van der Waals surface area contributed by atoms with Gasteiger partial charge < -0.3 is 20.1 Å². The summed E-state index contributed by atoms with van der Waals surface area (Å²) in [6, 6.07) is 5.86. The molecule has 1 fully saturated rings. The fourth-order valence-electron chi connectivity index (χ4n) is 2.41. The van der Waals surface area contributed by atoms with E-state index in [4.69, 9.17) is 9.47 Å². The highest BCUT2D eigenvalue weighted by molar-refractivity contribution is 5.92. The average molecular weight is 274 g/mol. The number of carbonyl (C=O) groups is 1. The second kappa shape index (κ2) is 5.96. The summed E-state index contributed by atoms with van der Waals surface area (Å²) in [4.78, 5) is 11.8. The highest BCUT2D eigenvalue weighted by Crippen LogP contribution is 2.32. The summed E-state index contributed by atoms with van der Waals surface area (Å²) in [5.41, 5.74) is 0.922. The summed E-state index contributed by atoms with van der Waals surface area (Å²) in [6.45, 7) is 2.15. The number of rotatable bonds is 3. The van der Waals surface area contributed by atoms with Gasteiger partial charge in [0.15, 0.2) is 11.5 Å². The Labute approximate surface area is 118 Å². The predicted molar refractivity (Wildman–Crippen MR) is 75.6 cm³/mol. The van der Waals surface area contributed by atoms with Gasteiger partial charge in [-0.1, -0.05) is 6.07 Å². The van der Waals surface area contributed by atoms with Gasteiger partial charge in [0, 0.05) is 18.7 Å². The van der Waals surface area contributed by atoms with Crippen molar-refractivity contribution in [3.05, 3.63) is 29.8 Å². The Hall–Kier alpha value is -2.01. The number of nitrogens with one attached hydrogen (secondary N) is 2. The first-order valence-corrected chi connectivity index (χ1v) is 6.90. The molecule has 0 aromatic heterocycles. The molecule has 1 amide bonds. The van der Waals surface area contributed by atoms with Crippen molar-refractivity contribution >= 4 is 12.0 Å². The molecule has 1 unspecified atom stereocenters. The number of piperidine rings is 1. The van der Waals surface area contributed by atoms with Crippen LogP contribution in [-0.4, -0.2) is 31.8 Å². The van der Waals surface area contributed by atoms with Gasteiger partial charge in [-0.2, -0.15) is 0 Å². The first-order chi connectivity index (χ1) is 9.81. The molecule has 20 heavy (non-hydrogen) atoms. The minimum Gasteiger partial charge on any atom is -0.454 e. The Morgan fingerprint density at radius 1 is 1.35 bits per heavy atom. The fraction of sp³-hybridized carbons (Fsp3) is 0.400. The third kappa shape index (κ3) is 3.11. The van der Waals surface area contributed by atoms with Crippen molar-refractivity contribution in [2.24, 2.45) is 0 Å². The number of hydrogen-bond donors (Lipinski definition) is 2. The molecule has 3 rings (SSSR count). The summed E-state index contributed by atoms with van der Waals surface area (Å²) < 4.78 is 10.5. The minimum atomic E-state index is -0.0589. The summed E-state index contributed by atoms with van der Waals surface area (Å²) in [5.74, 6) is 1.42. The van der Waals surface area contributed by atoms with E-state index in [9.17, 15) is 4.79 Å². The zero-order chi connectivity index (χ0) is 13.8. The van der Waals surface area contributed by atoms with E-state index in [0.717, 1.165) is 43.0 Å². The highest BCUT2D eigenvalue weighted by Gasteiger charge is 2.14. The van der Waals surface area contributed by atoms with Crippen molar-refractivity contribution in [3.63, 3.8) is 0 Å². The quantitative estimate of drug-likeness (QED) is 0.816. The number of carbonyl (C=O) groups excluding carboxylic acids is 1. The van der Waals surface area contributed by atoms with Crippen molar-refractivity contribution in [2.45, 2.75) is 18.9 Å². The molecule has 2 aliphatic rings. The first kappa shape index (κ1) is 13.0. The number of ether oxygens (including phenoxy) is 2. The van der Waals surface area contributed by atoms with Crippen LogP contribution in [0.25, 0.3) is 6.08 Å². The van der Waals surface area contributed by atoms with Gasteiger partial charge in [0.2, 0.25) is 12.7 Å². The van der Waals surface area contributed by atoms with E-state index in [1.165, 1.54) is 0 Å². The van der Waals surface area contributed by atoms with Crippen molar-refractivity contribution in [1.82, 2.24) is 10.6 Å². The molecule has 5 nitrogen and oxygen atoms in total. The first-order valence-electron chi connectivity index (χ1n) is 6.90. The van der Waals surface area contributed by atoms with E-state index < -0.39 is 0 Å². The Morgan fingerprint density at radius 2 is 2.25 bits per heavy atom. The standard InChI is InChI=1S/C15H18N2O3/c18-15(17-12-2-1-7-16-9-12)6-4-11-3-5-13-14(8-11)20-10-19-13/h3-6,8,12,16H,1-2,7,9-10H2,(H,17,18). The average Bonchev–Trinajstić information content (AvgIpc) is 2.93. The summed E-state index contributed by atoms with van der Waals surface area (Å²) >= 11 is 0. The zero-order valence-corrected chi connectivity index (χ0v) is 11.2. The molecule has 1 aromatic rings. The summed E-state index contributed by atoms with van der Waals surface area (Å²) in [5, 5.41) is 6.27. The summed E-state index contributed by atoms with van der Waals surface area (Å²) in [7, 11) is 0. The SMILES string of the molecule is O=C(C=Cc1ccc2c(c1)OCO2)NC1CCCNC1. The molecule has 2 aliphatic heterocycles. The van der Waals surface area contributed by atoms with Crippen LogP contribution < -0.4 is 20.1 Å². The van der Waals surface area contributed by atoms with Gasteiger partial charge in [-0.15, -0.1) is 0 Å². The van der Waals surface area contributed by atoms with Crippen molar-refractivity contribution in [2.75, 3.05) is 19.9 Å². The van der Waals surface area contributed by atoms with Crippen LogP contribution in [0.3, 0.4) is 0 Å². The van der Waals surface area contributed by atoms with Crippen LogP contribution in [0.2, 0.25) is 0 Å².